The van der Waals surface area contributed by atoms with Gasteiger partial charge in [-0.1, -0.05) is 38.4 Å². The van der Waals surface area contributed by atoms with E-state index in [1.54, 1.807) is 22.7 Å². The number of halogens is 1. The molecule has 0 fully saturated rings. The van der Waals surface area contributed by atoms with Crippen LogP contribution in [0.15, 0.2) is 29.6 Å². The molecule has 2 aromatic heterocycles. The molecule has 2 heterocycles. The minimum atomic E-state index is 0.0826. The van der Waals surface area contributed by atoms with E-state index in [4.69, 9.17) is 11.6 Å². The van der Waals surface area contributed by atoms with Gasteiger partial charge in [0, 0.05) is 22.4 Å². The summed E-state index contributed by atoms with van der Waals surface area (Å²) < 4.78 is 0.808. The van der Waals surface area contributed by atoms with Crippen LogP contribution in [0, 0.1) is 5.41 Å². The molecule has 116 valence electrons. The van der Waals surface area contributed by atoms with Gasteiger partial charge in [0.1, 0.15) is 0 Å². The minimum Gasteiger partial charge on any atom is -0.396 e. The molecule has 0 amide bonds. The molecule has 2 atom stereocenters. The fourth-order valence-corrected chi connectivity index (χ4v) is 4.36. The standard InChI is InChI=1S/C16H22ClNOS2/c1-16(2,3)13(8-9-19)18-15(11-5-4-10-20-11)12-6-7-14(17)21-12/h4-7,10,13,15,18-19H,8-9H2,1-3H3. The summed E-state index contributed by atoms with van der Waals surface area (Å²) in [6, 6.07) is 8.62. The van der Waals surface area contributed by atoms with E-state index in [1.165, 1.54) is 9.75 Å². The molecule has 0 radical (unpaired) electrons. The van der Waals surface area contributed by atoms with Gasteiger partial charge in [-0.3, -0.25) is 0 Å². The number of rotatable bonds is 6. The van der Waals surface area contributed by atoms with Gasteiger partial charge in [-0.2, -0.15) is 0 Å². The molecule has 0 aliphatic carbocycles. The van der Waals surface area contributed by atoms with Crippen molar-refractivity contribution in [2.24, 2.45) is 5.41 Å². The molecule has 2 unspecified atom stereocenters. The molecule has 2 rings (SSSR count). The summed E-state index contributed by atoms with van der Waals surface area (Å²) in [6.45, 7) is 6.80. The SMILES string of the molecule is CC(C)(C)C(CCO)NC(c1cccs1)c1ccc(Cl)s1. The number of hydrogen-bond donors (Lipinski definition) is 2. The van der Waals surface area contributed by atoms with Crippen molar-refractivity contribution in [2.75, 3.05) is 6.61 Å². The average molecular weight is 344 g/mol. The van der Waals surface area contributed by atoms with Gasteiger partial charge in [-0.25, -0.2) is 0 Å². The number of hydrogen-bond acceptors (Lipinski definition) is 4. The summed E-state index contributed by atoms with van der Waals surface area (Å²) in [5.74, 6) is 0. The highest BCUT2D eigenvalue weighted by Crippen LogP contribution is 2.35. The van der Waals surface area contributed by atoms with Gasteiger partial charge < -0.3 is 10.4 Å². The monoisotopic (exact) mass is 343 g/mol. The summed E-state index contributed by atoms with van der Waals surface area (Å²) >= 11 is 9.46. The molecular weight excluding hydrogens is 322 g/mol. The van der Waals surface area contributed by atoms with Crippen LogP contribution in [0.3, 0.4) is 0 Å². The summed E-state index contributed by atoms with van der Waals surface area (Å²) in [5.41, 5.74) is 0.0826. The summed E-state index contributed by atoms with van der Waals surface area (Å²) in [4.78, 5) is 2.50. The second-order valence-electron chi connectivity index (χ2n) is 6.19. The number of aliphatic hydroxyl groups excluding tert-OH is 1. The van der Waals surface area contributed by atoms with Crippen LogP contribution in [-0.4, -0.2) is 17.8 Å². The van der Waals surface area contributed by atoms with Gasteiger partial charge in [0.25, 0.3) is 0 Å². The van der Waals surface area contributed by atoms with Crippen molar-refractivity contribution in [3.8, 4) is 0 Å². The van der Waals surface area contributed by atoms with Gasteiger partial charge in [-0.15, -0.1) is 22.7 Å². The highest BCUT2D eigenvalue weighted by Gasteiger charge is 2.28. The Kier molecular flexibility index (Phi) is 5.86. The van der Waals surface area contributed by atoms with E-state index in [0.29, 0.717) is 0 Å². The second-order valence-corrected chi connectivity index (χ2v) is 8.91. The largest absolute Gasteiger partial charge is 0.396 e. The predicted molar refractivity (Wildman–Crippen MR) is 93.6 cm³/mol. The van der Waals surface area contributed by atoms with E-state index in [2.05, 4.69) is 49.7 Å². The zero-order chi connectivity index (χ0) is 15.5. The van der Waals surface area contributed by atoms with Crippen LogP contribution in [0.1, 0.15) is 43.0 Å². The number of aliphatic hydroxyl groups is 1. The van der Waals surface area contributed by atoms with Crippen molar-refractivity contribution in [2.45, 2.75) is 39.3 Å². The minimum absolute atomic E-state index is 0.0826. The van der Waals surface area contributed by atoms with Crippen LogP contribution in [0.2, 0.25) is 4.34 Å². The van der Waals surface area contributed by atoms with E-state index in [0.717, 1.165) is 10.8 Å². The van der Waals surface area contributed by atoms with Crippen molar-refractivity contribution >= 4 is 34.3 Å². The summed E-state index contributed by atoms with van der Waals surface area (Å²) in [7, 11) is 0. The smallest absolute Gasteiger partial charge is 0.0931 e. The third kappa shape index (κ3) is 4.54. The zero-order valence-electron chi connectivity index (χ0n) is 12.6. The average Bonchev–Trinajstić information content (AvgIpc) is 3.04. The van der Waals surface area contributed by atoms with E-state index in [-0.39, 0.29) is 24.1 Å². The first-order chi connectivity index (χ1) is 9.91. The summed E-state index contributed by atoms with van der Waals surface area (Å²) in [5, 5.41) is 15.2. The molecule has 0 spiro atoms. The molecule has 0 saturated carbocycles. The highest BCUT2D eigenvalue weighted by molar-refractivity contribution is 7.16. The molecule has 2 N–H and O–H groups in total. The van der Waals surface area contributed by atoms with E-state index in [1.807, 2.05) is 6.07 Å². The Morgan fingerprint density at radius 3 is 2.48 bits per heavy atom. The van der Waals surface area contributed by atoms with Crippen LogP contribution in [0.4, 0.5) is 0 Å². The van der Waals surface area contributed by atoms with Gasteiger partial charge in [0.15, 0.2) is 0 Å². The molecule has 0 aromatic carbocycles. The highest BCUT2D eigenvalue weighted by atomic mass is 35.5. The van der Waals surface area contributed by atoms with Crippen molar-refractivity contribution < 1.29 is 5.11 Å². The Hall–Kier alpha value is -0.390. The van der Waals surface area contributed by atoms with Crippen LogP contribution in [0.25, 0.3) is 0 Å². The fourth-order valence-electron chi connectivity index (χ4n) is 2.34. The maximum Gasteiger partial charge on any atom is 0.0931 e. The lowest BCUT2D eigenvalue weighted by Gasteiger charge is -2.34. The lowest BCUT2D eigenvalue weighted by atomic mass is 9.84. The third-order valence-electron chi connectivity index (χ3n) is 3.54. The third-order valence-corrected chi connectivity index (χ3v) is 5.77. The predicted octanol–water partition coefficient (Wildman–Crippen LogP) is 4.94. The first kappa shape index (κ1) is 17.0. The summed E-state index contributed by atoms with van der Waals surface area (Å²) in [6.07, 6.45) is 0.741. The van der Waals surface area contributed by atoms with Crippen molar-refractivity contribution in [3.63, 3.8) is 0 Å². The lowest BCUT2D eigenvalue weighted by Crippen LogP contribution is -2.42. The van der Waals surface area contributed by atoms with Crippen LogP contribution in [-0.2, 0) is 0 Å². The van der Waals surface area contributed by atoms with Gasteiger partial charge in [0.2, 0.25) is 0 Å². The molecule has 0 aliphatic heterocycles. The quantitative estimate of drug-likeness (QED) is 0.778. The lowest BCUT2D eigenvalue weighted by molar-refractivity contribution is 0.191. The fraction of sp³-hybridized carbons (Fsp3) is 0.500. The van der Waals surface area contributed by atoms with Gasteiger partial charge >= 0.3 is 0 Å². The Bertz CT molecular complexity index is 545. The Morgan fingerprint density at radius 1 is 1.24 bits per heavy atom. The Morgan fingerprint density at radius 2 is 2.00 bits per heavy atom. The second kappa shape index (κ2) is 7.25. The Labute approximate surface area is 139 Å². The van der Waals surface area contributed by atoms with Crippen molar-refractivity contribution in [1.29, 1.82) is 0 Å². The topological polar surface area (TPSA) is 32.3 Å². The molecule has 5 heteroatoms. The molecule has 2 aromatic rings. The molecule has 2 nitrogen and oxygen atoms in total. The molecule has 21 heavy (non-hydrogen) atoms. The maximum atomic E-state index is 9.36. The molecule has 0 aliphatic rings. The van der Waals surface area contributed by atoms with E-state index < -0.39 is 0 Å². The number of thiophene rings is 2. The number of nitrogens with one attached hydrogen (secondary N) is 1. The van der Waals surface area contributed by atoms with Crippen LogP contribution in [0.5, 0.6) is 0 Å². The zero-order valence-corrected chi connectivity index (χ0v) is 15.0. The first-order valence-corrected chi connectivity index (χ1v) is 9.15. The van der Waals surface area contributed by atoms with Crippen molar-refractivity contribution in [1.82, 2.24) is 5.32 Å². The molecular formula is C16H22ClNOS2. The van der Waals surface area contributed by atoms with Gasteiger partial charge in [-0.05, 0) is 35.4 Å². The van der Waals surface area contributed by atoms with E-state index in [9.17, 15) is 5.11 Å². The first-order valence-electron chi connectivity index (χ1n) is 7.07. The Balaban J connectivity index is 2.28. The molecule has 0 bridgehead atoms. The van der Waals surface area contributed by atoms with Crippen LogP contribution < -0.4 is 5.32 Å². The van der Waals surface area contributed by atoms with Crippen LogP contribution >= 0.6 is 34.3 Å². The molecule has 0 saturated heterocycles. The van der Waals surface area contributed by atoms with E-state index >= 15 is 0 Å². The van der Waals surface area contributed by atoms with Gasteiger partial charge in [0.05, 0.1) is 10.4 Å². The van der Waals surface area contributed by atoms with Crippen molar-refractivity contribution in [3.05, 3.63) is 43.7 Å². The normalized spacial score (nSPS) is 15.1. The maximum absolute atomic E-state index is 9.36.